The molecular formula is C26H20BrFN2O3. The van der Waals surface area contributed by atoms with Crippen LogP contribution in [0.15, 0.2) is 76.8 Å². The first-order chi connectivity index (χ1) is 15.9. The first kappa shape index (κ1) is 22.6. The summed E-state index contributed by atoms with van der Waals surface area (Å²) in [7, 11) is 0. The fourth-order valence-corrected chi connectivity index (χ4v) is 4.02. The minimum absolute atomic E-state index is 0.179. The summed E-state index contributed by atoms with van der Waals surface area (Å²) in [6.07, 6.45) is 2.53. The Bertz CT molecular complexity index is 1280. The highest BCUT2D eigenvalue weighted by Crippen LogP contribution is 2.26. The zero-order valence-electron chi connectivity index (χ0n) is 17.8. The number of hydrogen-bond donors (Lipinski definition) is 1. The number of barbiturate groups is 1. The van der Waals surface area contributed by atoms with Crippen LogP contribution in [-0.4, -0.2) is 17.8 Å². The normalized spacial score (nSPS) is 15.2. The summed E-state index contributed by atoms with van der Waals surface area (Å²) in [6, 6.07) is 18.0. The SMILES string of the molecule is CCc1ccc(N2C(=O)NC(=O)/C(=C\c3cc(Br)ccc3Cc3ccccc3F)C2=O)cc1. The molecule has 0 atom stereocenters. The third kappa shape index (κ3) is 4.78. The minimum atomic E-state index is -0.799. The van der Waals surface area contributed by atoms with Crippen LogP contribution < -0.4 is 10.2 Å². The molecule has 3 aromatic rings. The second kappa shape index (κ2) is 9.50. The summed E-state index contributed by atoms with van der Waals surface area (Å²) in [5.74, 6) is -1.83. The smallest absolute Gasteiger partial charge is 0.273 e. The van der Waals surface area contributed by atoms with Crippen LogP contribution in [-0.2, 0) is 22.4 Å². The van der Waals surface area contributed by atoms with Gasteiger partial charge in [-0.05, 0) is 65.1 Å². The van der Waals surface area contributed by atoms with Crippen molar-refractivity contribution in [3.8, 4) is 0 Å². The molecule has 1 saturated heterocycles. The van der Waals surface area contributed by atoms with Gasteiger partial charge in [-0.2, -0.15) is 0 Å². The molecule has 166 valence electrons. The Balaban J connectivity index is 1.73. The maximum Gasteiger partial charge on any atom is 0.335 e. The Morgan fingerprint density at radius 1 is 0.970 bits per heavy atom. The van der Waals surface area contributed by atoms with E-state index in [2.05, 4.69) is 21.2 Å². The third-order valence-corrected chi connectivity index (χ3v) is 5.94. The number of aryl methyl sites for hydroxylation is 1. The maximum atomic E-state index is 14.2. The second-order valence-electron chi connectivity index (χ2n) is 7.59. The Morgan fingerprint density at radius 2 is 1.70 bits per heavy atom. The number of halogens is 2. The summed E-state index contributed by atoms with van der Waals surface area (Å²) < 4.78 is 15.0. The zero-order valence-corrected chi connectivity index (χ0v) is 19.4. The van der Waals surface area contributed by atoms with E-state index in [1.165, 1.54) is 12.1 Å². The number of amides is 4. The summed E-state index contributed by atoms with van der Waals surface area (Å²) in [5.41, 5.74) is 3.04. The van der Waals surface area contributed by atoms with Gasteiger partial charge in [0, 0.05) is 10.9 Å². The lowest BCUT2D eigenvalue weighted by Gasteiger charge is -2.26. The van der Waals surface area contributed by atoms with Gasteiger partial charge in [0.2, 0.25) is 0 Å². The number of rotatable bonds is 5. The molecule has 3 aromatic carbocycles. The number of benzene rings is 3. The van der Waals surface area contributed by atoms with E-state index in [1.54, 1.807) is 42.5 Å². The Hall–Kier alpha value is -3.58. The molecule has 0 spiro atoms. The van der Waals surface area contributed by atoms with Gasteiger partial charge >= 0.3 is 6.03 Å². The van der Waals surface area contributed by atoms with Crippen LogP contribution >= 0.6 is 15.9 Å². The first-order valence-corrected chi connectivity index (χ1v) is 11.2. The van der Waals surface area contributed by atoms with Gasteiger partial charge < -0.3 is 0 Å². The molecule has 1 aliphatic rings. The van der Waals surface area contributed by atoms with Gasteiger partial charge in [0.1, 0.15) is 11.4 Å². The lowest BCUT2D eigenvalue weighted by molar-refractivity contribution is -0.122. The van der Waals surface area contributed by atoms with E-state index in [4.69, 9.17) is 0 Å². The zero-order chi connectivity index (χ0) is 23.5. The average Bonchev–Trinajstić information content (AvgIpc) is 2.80. The van der Waals surface area contributed by atoms with Crippen molar-refractivity contribution in [1.29, 1.82) is 0 Å². The van der Waals surface area contributed by atoms with Crippen LogP contribution in [0, 0.1) is 5.82 Å². The van der Waals surface area contributed by atoms with Crippen LogP contribution in [0.5, 0.6) is 0 Å². The van der Waals surface area contributed by atoms with Gasteiger partial charge in [0.15, 0.2) is 0 Å². The number of hydrogen-bond acceptors (Lipinski definition) is 3. The van der Waals surface area contributed by atoms with Crippen LogP contribution in [0.1, 0.15) is 29.2 Å². The van der Waals surface area contributed by atoms with E-state index >= 15 is 0 Å². The van der Waals surface area contributed by atoms with Crippen molar-refractivity contribution in [3.63, 3.8) is 0 Å². The molecule has 1 heterocycles. The van der Waals surface area contributed by atoms with Crippen molar-refractivity contribution >= 4 is 45.5 Å². The molecule has 4 rings (SSSR count). The number of imide groups is 2. The molecule has 0 saturated carbocycles. The van der Waals surface area contributed by atoms with Crippen molar-refractivity contribution in [2.45, 2.75) is 19.8 Å². The van der Waals surface area contributed by atoms with Crippen molar-refractivity contribution in [2.24, 2.45) is 0 Å². The fourth-order valence-electron chi connectivity index (χ4n) is 3.64. The van der Waals surface area contributed by atoms with Crippen LogP contribution in [0.25, 0.3) is 6.08 Å². The highest BCUT2D eigenvalue weighted by atomic mass is 79.9. The van der Waals surface area contributed by atoms with E-state index < -0.39 is 17.8 Å². The van der Waals surface area contributed by atoms with E-state index in [-0.39, 0.29) is 17.8 Å². The van der Waals surface area contributed by atoms with E-state index in [9.17, 15) is 18.8 Å². The van der Waals surface area contributed by atoms with Gasteiger partial charge in [0.05, 0.1) is 5.69 Å². The second-order valence-corrected chi connectivity index (χ2v) is 8.50. The maximum absolute atomic E-state index is 14.2. The number of urea groups is 1. The molecule has 0 unspecified atom stereocenters. The number of carbonyl (C=O) groups is 3. The molecule has 7 heteroatoms. The van der Waals surface area contributed by atoms with Crippen LogP contribution in [0.3, 0.4) is 0 Å². The van der Waals surface area contributed by atoms with Crippen LogP contribution in [0.2, 0.25) is 0 Å². The molecule has 33 heavy (non-hydrogen) atoms. The van der Waals surface area contributed by atoms with Crippen molar-refractivity contribution in [3.05, 3.63) is 105 Å². The molecule has 5 nitrogen and oxygen atoms in total. The van der Waals surface area contributed by atoms with Crippen molar-refractivity contribution < 1.29 is 18.8 Å². The quantitative estimate of drug-likeness (QED) is 0.371. The Morgan fingerprint density at radius 3 is 2.39 bits per heavy atom. The van der Waals surface area contributed by atoms with Gasteiger partial charge in [-0.3, -0.25) is 14.9 Å². The van der Waals surface area contributed by atoms with E-state index in [0.717, 1.165) is 26.9 Å². The van der Waals surface area contributed by atoms with Gasteiger partial charge in [-0.1, -0.05) is 59.3 Å². The summed E-state index contributed by atoms with van der Waals surface area (Å²) in [4.78, 5) is 39.2. The fraction of sp³-hybridized carbons (Fsp3) is 0.115. The van der Waals surface area contributed by atoms with Crippen LogP contribution in [0.4, 0.5) is 14.9 Å². The highest BCUT2D eigenvalue weighted by molar-refractivity contribution is 9.10. The molecule has 1 N–H and O–H groups in total. The van der Waals surface area contributed by atoms with Crippen molar-refractivity contribution in [2.75, 3.05) is 4.90 Å². The number of carbonyl (C=O) groups excluding carboxylic acids is 3. The molecule has 4 amide bonds. The Labute approximate surface area is 199 Å². The lowest BCUT2D eigenvalue weighted by atomic mass is 9.97. The molecule has 0 aliphatic carbocycles. The number of anilines is 1. The number of nitrogens with one attached hydrogen (secondary N) is 1. The molecular weight excluding hydrogens is 487 g/mol. The largest absolute Gasteiger partial charge is 0.335 e. The monoisotopic (exact) mass is 506 g/mol. The molecule has 0 aromatic heterocycles. The molecule has 0 bridgehead atoms. The van der Waals surface area contributed by atoms with Gasteiger partial charge in [0.25, 0.3) is 11.8 Å². The summed E-state index contributed by atoms with van der Waals surface area (Å²) in [5, 5.41) is 2.24. The third-order valence-electron chi connectivity index (χ3n) is 5.45. The summed E-state index contributed by atoms with van der Waals surface area (Å²) >= 11 is 3.41. The predicted molar refractivity (Wildman–Crippen MR) is 128 cm³/mol. The lowest BCUT2D eigenvalue weighted by Crippen LogP contribution is -2.54. The highest BCUT2D eigenvalue weighted by Gasteiger charge is 2.36. The minimum Gasteiger partial charge on any atom is -0.273 e. The average molecular weight is 507 g/mol. The topological polar surface area (TPSA) is 66.5 Å². The molecule has 1 fully saturated rings. The number of nitrogens with zero attached hydrogens (tertiary/aromatic N) is 1. The standard InChI is InChI=1S/C26H20BrFN2O3/c1-2-16-7-11-21(12-8-16)30-25(32)22(24(31)29-26(30)33)15-19-14-20(27)10-9-17(19)13-18-5-3-4-6-23(18)28/h3-12,14-15H,2,13H2,1H3,(H,29,31,33)/b22-15+. The molecule has 1 aliphatic heterocycles. The van der Waals surface area contributed by atoms with Gasteiger partial charge in [-0.25, -0.2) is 14.1 Å². The first-order valence-electron chi connectivity index (χ1n) is 10.4. The van der Waals surface area contributed by atoms with E-state index in [0.29, 0.717) is 16.8 Å². The van der Waals surface area contributed by atoms with Crippen molar-refractivity contribution in [1.82, 2.24) is 5.32 Å². The van der Waals surface area contributed by atoms with Gasteiger partial charge in [-0.15, -0.1) is 0 Å². The summed E-state index contributed by atoms with van der Waals surface area (Å²) in [6.45, 7) is 2.00. The predicted octanol–water partition coefficient (Wildman–Crippen LogP) is 5.41. The van der Waals surface area contributed by atoms with E-state index in [1.807, 2.05) is 25.1 Å². The Kier molecular flexibility index (Phi) is 6.51. The molecule has 0 radical (unpaired) electrons.